The van der Waals surface area contributed by atoms with Crippen LogP contribution in [0.1, 0.15) is 37.7 Å². The topological polar surface area (TPSA) is 97.3 Å². The molecule has 1 heterocycles. The summed E-state index contributed by atoms with van der Waals surface area (Å²) in [7, 11) is 1.51. The van der Waals surface area contributed by atoms with Gasteiger partial charge in [-0.3, -0.25) is 4.79 Å². The number of allylic oxidation sites excluding steroid dienone is 1. The Morgan fingerprint density at radius 3 is 2.45 bits per heavy atom. The fourth-order valence-corrected chi connectivity index (χ4v) is 3.80. The second-order valence-electron chi connectivity index (χ2n) is 8.18. The number of carbonyl (C=O) groups is 2. The molecule has 1 unspecified atom stereocenters. The monoisotopic (exact) mass is 452 g/mol. The van der Waals surface area contributed by atoms with Crippen LogP contribution in [-0.2, 0) is 4.79 Å². The van der Waals surface area contributed by atoms with Crippen molar-refractivity contribution in [2.24, 2.45) is 0 Å². The first kappa shape index (κ1) is 22.5. The number of anilines is 1. The third-order valence-electron chi connectivity index (χ3n) is 5.77. The average Bonchev–Trinajstić information content (AvgIpc) is 3.56. The number of hydrogen-bond acceptors (Lipinski definition) is 5. The van der Waals surface area contributed by atoms with Crippen LogP contribution in [0, 0.1) is 0 Å². The summed E-state index contributed by atoms with van der Waals surface area (Å²) in [5.74, 6) is 2.01. The molecule has 8 nitrogen and oxygen atoms in total. The van der Waals surface area contributed by atoms with E-state index in [-0.39, 0.29) is 17.8 Å². The molecule has 8 heteroatoms. The Morgan fingerprint density at radius 1 is 1.09 bits per heavy atom. The van der Waals surface area contributed by atoms with Crippen LogP contribution in [0.5, 0.6) is 17.2 Å². The molecular formula is C25H28N2O6. The Morgan fingerprint density at radius 2 is 1.85 bits per heavy atom. The van der Waals surface area contributed by atoms with Gasteiger partial charge in [0, 0.05) is 24.7 Å². The molecule has 2 fully saturated rings. The standard InChI is InChI=1S/C25H28N2O6/c1-3-21(32-19-9-6-17(7-10-19)16-4-5-16)24(28)26-18-8-11-22(23(14-18)31-2)33-20-12-13-27(15-20)25(29)30/h3,6-11,14,16,20H,4-5,12-13,15H2,1-2H3,(H,26,28)(H,29,30). The van der Waals surface area contributed by atoms with Crippen LogP contribution in [0.3, 0.4) is 0 Å². The molecule has 174 valence electrons. The maximum atomic E-state index is 12.8. The summed E-state index contributed by atoms with van der Waals surface area (Å²) in [5.41, 5.74) is 1.83. The molecule has 0 radical (unpaired) electrons. The Labute approximate surface area is 192 Å². The lowest BCUT2D eigenvalue weighted by Crippen LogP contribution is -2.29. The summed E-state index contributed by atoms with van der Waals surface area (Å²) in [5, 5.41) is 11.9. The fourth-order valence-electron chi connectivity index (χ4n) is 3.80. The zero-order chi connectivity index (χ0) is 23.4. The zero-order valence-electron chi connectivity index (χ0n) is 18.7. The Bertz CT molecular complexity index is 1050. The van der Waals surface area contributed by atoms with Crippen molar-refractivity contribution in [3.63, 3.8) is 0 Å². The smallest absolute Gasteiger partial charge is 0.407 e. The molecule has 1 saturated carbocycles. The van der Waals surface area contributed by atoms with E-state index in [0.717, 1.165) is 0 Å². The average molecular weight is 453 g/mol. The van der Waals surface area contributed by atoms with Crippen molar-refractivity contribution in [1.82, 2.24) is 4.90 Å². The van der Waals surface area contributed by atoms with E-state index in [1.165, 1.54) is 30.4 Å². The van der Waals surface area contributed by atoms with Gasteiger partial charge >= 0.3 is 6.09 Å². The van der Waals surface area contributed by atoms with Crippen LogP contribution in [-0.4, -0.2) is 48.3 Å². The molecule has 2 amide bonds. The maximum Gasteiger partial charge on any atom is 0.407 e. The number of rotatable bonds is 8. The number of hydrogen-bond donors (Lipinski definition) is 2. The van der Waals surface area contributed by atoms with Gasteiger partial charge in [-0.1, -0.05) is 12.1 Å². The van der Waals surface area contributed by atoms with Crippen LogP contribution in [0.25, 0.3) is 0 Å². The van der Waals surface area contributed by atoms with Crippen molar-refractivity contribution in [3.05, 3.63) is 59.9 Å². The number of methoxy groups -OCH3 is 1. The lowest BCUT2D eigenvalue weighted by atomic mass is 10.1. The first-order chi connectivity index (χ1) is 16.0. The van der Waals surface area contributed by atoms with E-state index in [0.29, 0.717) is 48.4 Å². The van der Waals surface area contributed by atoms with Crippen LogP contribution < -0.4 is 19.5 Å². The predicted octanol–water partition coefficient (Wildman–Crippen LogP) is 4.63. The highest BCUT2D eigenvalue weighted by Crippen LogP contribution is 2.40. The number of carboxylic acid groups (broad SMARTS) is 1. The molecule has 2 aromatic carbocycles. The van der Waals surface area contributed by atoms with Crippen molar-refractivity contribution in [2.45, 2.75) is 38.2 Å². The Hall–Kier alpha value is -3.68. The second kappa shape index (κ2) is 9.85. The number of carbonyl (C=O) groups excluding carboxylic acids is 1. The molecule has 4 rings (SSSR count). The lowest BCUT2D eigenvalue weighted by molar-refractivity contribution is -0.114. The zero-order valence-corrected chi connectivity index (χ0v) is 18.7. The van der Waals surface area contributed by atoms with Gasteiger partial charge in [0.2, 0.25) is 0 Å². The summed E-state index contributed by atoms with van der Waals surface area (Å²) in [6, 6.07) is 12.9. The number of likely N-dealkylation sites (tertiary alicyclic amines) is 1. The number of benzene rings is 2. The van der Waals surface area contributed by atoms with E-state index in [1.54, 1.807) is 31.2 Å². The highest BCUT2D eigenvalue weighted by Gasteiger charge is 2.28. The summed E-state index contributed by atoms with van der Waals surface area (Å²) in [6.45, 7) is 2.49. The minimum absolute atomic E-state index is 0.188. The normalized spacial score (nSPS) is 18.1. The van der Waals surface area contributed by atoms with Gasteiger partial charge in [-0.2, -0.15) is 0 Å². The molecule has 1 saturated heterocycles. The van der Waals surface area contributed by atoms with E-state index < -0.39 is 6.09 Å². The molecule has 2 aromatic rings. The van der Waals surface area contributed by atoms with Crippen LogP contribution in [0.4, 0.5) is 10.5 Å². The Balaban J connectivity index is 1.37. The number of ether oxygens (including phenoxy) is 3. The van der Waals surface area contributed by atoms with Gasteiger partial charge in [-0.25, -0.2) is 4.79 Å². The summed E-state index contributed by atoms with van der Waals surface area (Å²) < 4.78 is 17.1. The maximum absolute atomic E-state index is 12.8. The van der Waals surface area contributed by atoms with E-state index in [1.807, 2.05) is 24.3 Å². The molecule has 2 aliphatic rings. The van der Waals surface area contributed by atoms with Gasteiger partial charge in [-0.05, 0) is 61.6 Å². The number of amides is 2. The number of nitrogens with zero attached hydrogens (tertiary/aromatic N) is 1. The minimum Gasteiger partial charge on any atom is -0.493 e. The van der Waals surface area contributed by atoms with E-state index in [2.05, 4.69) is 5.32 Å². The highest BCUT2D eigenvalue weighted by atomic mass is 16.5. The molecule has 0 spiro atoms. The largest absolute Gasteiger partial charge is 0.493 e. The molecule has 1 atom stereocenters. The molecule has 1 aliphatic carbocycles. The summed E-state index contributed by atoms with van der Waals surface area (Å²) >= 11 is 0. The van der Waals surface area contributed by atoms with Gasteiger partial charge in [-0.15, -0.1) is 0 Å². The second-order valence-corrected chi connectivity index (χ2v) is 8.18. The van der Waals surface area contributed by atoms with Gasteiger partial charge < -0.3 is 29.5 Å². The minimum atomic E-state index is -0.952. The van der Waals surface area contributed by atoms with Gasteiger partial charge in [0.05, 0.1) is 13.7 Å². The first-order valence-corrected chi connectivity index (χ1v) is 11.0. The fraction of sp³-hybridized carbons (Fsp3) is 0.360. The van der Waals surface area contributed by atoms with Crippen LogP contribution in [0.15, 0.2) is 54.3 Å². The third kappa shape index (κ3) is 5.58. The Kier molecular flexibility index (Phi) is 6.72. The quantitative estimate of drug-likeness (QED) is 0.448. The van der Waals surface area contributed by atoms with Crippen molar-refractivity contribution in [3.8, 4) is 17.2 Å². The van der Waals surface area contributed by atoms with Crippen LogP contribution >= 0.6 is 0 Å². The predicted molar refractivity (Wildman–Crippen MR) is 123 cm³/mol. The number of nitrogens with one attached hydrogen (secondary N) is 1. The lowest BCUT2D eigenvalue weighted by Gasteiger charge is -2.17. The van der Waals surface area contributed by atoms with Crippen molar-refractivity contribution >= 4 is 17.7 Å². The molecule has 2 N–H and O–H groups in total. The van der Waals surface area contributed by atoms with Crippen molar-refractivity contribution in [2.75, 3.05) is 25.5 Å². The summed E-state index contributed by atoms with van der Waals surface area (Å²) in [6.07, 6.45) is 3.50. The van der Waals surface area contributed by atoms with E-state index in [9.17, 15) is 9.59 Å². The third-order valence-corrected chi connectivity index (χ3v) is 5.77. The molecule has 1 aliphatic heterocycles. The van der Waals surface area contributed by atoms with E-state index >= 15 is 0 Å². The summed E-state index contributed by atoms with van der Waals surface area (Å²) in [4.78, 5) is 25.2. The van der Waals surface area contributed by atoms with Crippen molar-refractivity contribution < 1.29 is 28.9 Å². The molecule has 0 aromatic heterocycles. The molecule has 0 bridgehead atoms. The SMILES string of the molecule is CC=C(Oc1ccc(C2CC2)cc1)C(=O)Nc1ccc(OC2CCN(C(=O)O)C2)c(OC)c1. The van der Waals surface area contributed by atoms with Crippen LogP contribution in [0.2, 0.25) is 0 Å². The molecular weight excluding hydrogens is 424 g/mol. The highest BCUT2D eigenvalue weighted by molar-refractivity contribution is 6.02. The van der Waals surface area contributed by atoms with Gasteiger partial charge in [0.1, 0.15) is 11.9 Å². The van der Waals surface area contributed by atoms with Crippen molar-refractivity contribution in [1.29, 1.82) is 0 Å². The van der Waals surface area contributed by atoms with E-state index in [4.69, 9.17) is 19.3 Å². The first-order valence-electron chi connectivity index (χ1n) is 11.0. The molecule has 33 heavy (non-hydrogen) atoms. The van der Waals surface area contributed by atoms with Gasteiger partial charge in [0.15, 0.2) is 17.3 Å². The van der Waals surface area contributed by atoms with Gasteiger partial charge in [0.25, 0.3) is 5.91 Å².